The highest BCUT2D eigenvalue weighted by molar-refractivity contribution is 5.95. The minimum Gasteiger partial charge on any atom is -0.383 e. The van der Waals surface area contributed by atoms with Crippen molar-refractivity contribution >= 4 is 17.3 Å². The van der Waals surface area contributed by atoms with Crippen LogP contribution in [0, 0.1) is 10.1 Å². The monoisotopic (exact) mass is 344 g/mol. The molecule has 1 aromatic heterocycles. The number of nitro groups is 1. The number of pyridine rings is 1. The molecule has 1 aromatic carbocycles. The largest absolute Gasteiger partial charge is 0.383 e. The van der Waals surface area contributed by atoms with Crippen molar-refractivity contribution < 1.29 is 14.5 Å². The average Bonchev–Trinajstić information content (AvgIpc) is 2.64. The molecule has 132 valence electrons. The molecule has 0 atom stereocenters. The Balaban J connectivity index is 2.29. The topological polar surface area (TPSA) is 97.6 Å². The van der Waals surface area contributed by atoms with Crippen molar-refractivity contribution in [2.45, 2.75) is 6.54 Å². The van der Waals surface area contributed by atoms with E-state index < -0.39 is 4.92 Å². The molecule has 1 amide bonds. The van der Waals surface area contributed by atoms with Gasteiger partial charge >= 0.3 is 0 Å². The summed E-state index contributed by atoms with van der Waals surface area (Å²) in [6.07, 6.45) is 1.65. The van der Waals surface area contributed by atoms with Crippen molar-refractivity contribution in [3.8, 4) is 0 Å². The molecule has 8 heteroatoms. The Morgan fingerprint density at radius 3 is 2.76 bits per heavy atom. The van der Waals surface area contributed by atoms with Gasteiger partial charge in [-0.15, -0.1) is 0 Å². The van der Waals surface area contributed by atoms with E-state index >= 15 is 0 Å². The van der Waals surface area contributed by atoms with Gasteiger partial charge in [-0.1, -0.05) is 6.07 Å². The summed E-state index contributed by atoms with van der Waals surface area (Å²) < 4.78 is 5.06. The van der Waals surface area contributed by atoms with Crippen LogP contribution in [0.3, 0.4) is 0 Å². The second-order valence-corrected chi connectivity index (χ2v) is 5.28. The molecular formula is C17H20N4O4. The summed E-state index contributed by atoms with van der Waals surface area (Å²) in [5.41, 5.74) is 1.19. The van der Waals surface area contributed by atoms with Crippen LogP contribution in [0.1, 0.15) is 16.1 Å². The first-order valence-electron chi connectivity index (χ1n) is 7.71. The van der Waals surface area contributed by atoms with Crippen LogP contribution in [0.2, 0.25) is 0 Å². The van der Waals surface area contributed by atoms with E-state index in [1.54, 1.807) is 37.4 Å². The lowest BCUT2D eigenvalue weighted by atomic mass is 10.1. The number of nitro benzene ring substituents is 1. The van der Waals surface area contributed by atoms with Crippen LogP contribution in [0.4, 0.5) is 11.4 Å². The van der Waals surface area contributed by atoms with Gasteiger partial charge in [0.15, 0.2) is 0 Å². The van der Waals surface area contributed by atoms with E-state index in [1.165, 1.54) is 12.1 Å². The summed E-state index contributed by atoms with van der Waals surface area (Å²) in [6, 6.07) is 9.84. The molecular weight excluding hydrogens is 324 g/mol. The number of rotatable bonds is 8. The molecule has 25 heavy (non-hydrogen) atoms. The Kier molecular flexibility index (Phi) is 6.41. The minimum atomic E-state index is -0.513. The fraction of sp³-hybridized carbons (Fsp3) is 0.294. The van der Waals surface area contributed by atoms with Crippen LogP contribution >= 0.6 is 0 Å². The van der Waals surface area contributed by atoms with Gasteiger partial charge in [-0.05, 0) is 24.3 Å². The van der Waals surface area contributed by atoms with Crippen molar-refractivity contribution in [3.63, 3.8) is 0 Å². The van der Waals surface area contributed by atoms with Crippen molar-refractivity contribution in [2.75, 3.05) is 32.6 Å². The first kappa shape index (κ1) is 18.3. The molecule has 0 unspecified atom stereocenters. The molecule has 0 fully saturated rings. The van der Waals surface area contributed by atoms with E-state index in [0.29, 0.717) is 25.4 Å². The summed E-state index contributed by atoms with van der Waals surface area (Å²) in [6.45, 7) is 1.01. The van der Waals surface area contributed by atoms with Crippen molar-refractivity contribution in [3.05, 3.63) is 64.0 Å². The SMILES string of the molecule is CNc1ccc(C(=O)N(CCOC)Cc2ccccn2)cc1[N+](=O)[O-]. The fourth-order valence-electron chi connectivity index (χ4n) is 2.35. The normalized spacial score (nSPS) is 10.3. The molecule has 0 saturated carbocycles. The number of carbonyl (C=O) groups is 1. The maximum absolute atomic E-state index is 12.8. The second-order valence-electron chi connectivity index (χ2n) is 5.28. The summed E-state index contributed by atoms with van der Waals surface area (Å²) in [5.74, 6) is -0.312. The minimum absolute atomic E-state index is 0.141. The molecule has 2 aromatic rings. The third-order valence-corrected chi connectivity index (χ3v) is 3.64. The Morgan fingerprint density at radius 1 is 1.36 bits per heavy atom. The second kappa shape index (κ2) is 8.74. The number of aromatic nitrogens is 1. The molecule has 0 saturated heterocycles. The van der Waals surface area contributed by atoms with Crippen LogP contribution in [-0.2, 0) is 11.3 Å². The number of benzene rings is 1. The van der Waals surface area contributed by atoms with Gasteiger partial charge in [-0.25, -0.2) is 0 Å². The van der Waals surface area contributed by atoms with Crippen molar-refractivity contribution in [2.24, 2.45) is 0 Å². The van der Waals surface area contributed by atoms with Crippen LogP contribution in [0.15, 0.2) is 42.6 Å². The van der Waals surface area contributed by atoms with Crippen LogP contribution in [0.5, 0.6) is 0 Å². The summed E-state index contributed by atoms with van der Waals surface area (Å²) in [5, 5.41) is 13.9. The Morgan fingerprint density at radius 2 is 2.16 bits per heavy atom. The molecule has 0 bridgehead atoms. The first-order valence-corrected chi connectivity index (χ1v) is 7.71. The van der Waals surface area contributed by atoms with E-state index in [-0.39, 0.29) is 17.2 Å². The molecule has 0 aliphatic carbocycles. The highest BCUT2D eigenvalue weighted by Gasteiger charge is 2.21. The number of hydrogen-bond donors (Lipinski definition) is 1. The molecule has 0 aliphatic rings. The number of anilines is 1. The molecule has 1 heterocycles. The van der Waals surface area contributed by atoms with Gasteiger partial charge in [-0.2, -0.15) is 0 Å². The predicted molar refractivity (Wildman–Crippen MR) is 93.5 cm³/mol. The number of amides is 1. The molecule has 8 nitrogen and oxygen atoms in total. The zero-order chi connectivity index (χ0) is 18.2. The number of nitrogens with one attached hydrogen (secondary N) is 1. The number of methoxy groups -OCH3 is 1. The number of nitrogens with zero attached hydrogens (tertiary/aromatic N) is 3. The van der Waals surface area contributed by atoms with Gasteiger partial charge < -0.3 is 15.0 Å². The third kappa shape index (κ3) is 4.74. The quantitative estimate of drug-likeness (QED) is 0.583. The number of carbonyl (C=O) groups excluding carboxylic acids is 1. The average molecular weight is 344 g/mol. The molecule has 0 spiro atoms. The van der Waals surface area contributed by atoms with Gasteiger partial charge in [0, 0.05) is 38.5 Å². The predicted octanol–water partition coefficient (Wildman–Crippen LogP) is 2.32. The van der Waals surface area contributed by atoms with Gasteiger partial charge in [0.1, 0.15) is 5.69 Å². The van der Waals surface area contributed by atoms with Crippen LogP contribution in [0.25, 0.3) is 0 Å². The van der Waals surface area contributed by atoms with Crippen LogP contribution in [-0.4, -0.2) is 48.0 Å². The third-order valence-electron chi connectivity index (χ3n) is 3.64. The first-order chi connectivity index (χ1) is 12.1. The number of ether oxygens (including phenoxy) is 1. The highest BCUT2D eigenvalue weighted by Crippen LogP contribution is 2.25. The summed E-state index contributed by atoms with van der Waals surface area (Å²) in [4.78, 5) is 29.3. The summed E-state index contributed by atoms with van der Waals surface area (Å²) >= 11 is 0. The molecule has 0 aliphatic heterocycles. The molecule has 0 radical (unpaired) electrons. The van der Waals surface area contributed by atoms with Crippen molar-refractivity contribution in [1.82, 2.24) is 9.88 Å². The van der Waals surface area contributed by atoms with E-state index in [9.17, 15) is 14.9 Å². The lowest BCUT2D eigenvalue weighted by molar-refractivity contribution is -0.384. The van der Waals surface area contributed by atoms with Crippen molar-refractivity contribution in [1.29, 1.82) is 0 Å². The summed E-state index contributed by atoms with van der Waals surface area (Å²) in [7, 11) is 3.14. The fourth-order valence-corrected chi connectivity index (χ4v) is 2.35. The Labute approximate surface area is 145 Å². The number of hydrogen-bond acceptors (Lipinski definition) is 6. The van der Waals surface area contributed by atoms with E-state index in [1.807, 2.05) is 12.1 Å². The van der Waals surface area contributed by atoms with Gasteiger partial charge in [-0.3, -0.25) is 19.9 Å². The smallest absolute Gasteiger partial charge is 0.293 e. The van der Waals surface area contributed by atoms with Gasteiger partial charge in [0.05, 0.1) is 23.8 Å². The highest BCUT2D eigenvalue weighted by atomic mass is 16.6. The Bertz CT molecular complexity index is 737. The maximum atomic E-state index is 12.8. The zero-order valence-electron chi connectivity index (χ0n) is 14.1. The van der Waals surface area contributed by atoms with E-state index in [2.05, 4.69) is 10.3 Å². The van der Waals surface area contributed by atoms with Crippen LogP contribution < -0.4 is 5.32 Å². The molecule has 2 rings (SSSR count). The Hall–Kier alpha value is -3.00. The lowest BCUT2D eigenvalue weighted by Crippen LogP contribution is -2.33. The molecule has 1 N–H and O–H groups in total. The van der Waals surface area contributed by atoms with E-state index in [0.717, 1.165) is 5.69 Å². The van der Waals surface area contributed by atoms with E-state index in [4.69, 9.17) is 4.74 Å². The van der Waals surface area contributed by atoms with Gasteiger partial charge in [0.25, 0.3) is 11.6 Å². The zero-order valence-corrected chi connectivity index (χ0v) is 14.1. The maximum Gasteiger partial charge on any atom is 0.293 e. The van der Waals surface area contributed by atoms with Gasteiger partial charge in [0.2, 0.25) is 0 Å². The lowest BCUT2D eigenvalue weighted by Gasteiger charge is -2.22. The standard InChI is InChI=1S/C17H20N4O4/c1-18-15-7-6-13(11-16(15)21(23)24)17(22)20(9-10-25-2)12-14-5-3-4-8-19-14/h3-8,11,18H,9-10,12H2,1-2H3.